The Labute approximate surface area is 146 Å². The fourth-order valence-corrected chi connectivity index (χ4v) is 3.83. The number of nitrogens with one attached hydrogen (secondary N) is 2. The lowest BCUT2D eigenvalue weighted by atomic mass is 10.1. The van der Waals surface area contributed by atoms with Crippen molar-refractivity contribution >= 4 is 17.3 Å². The van der Waals surface area contributed by atoms with Crippen molar-refractivity contribution < 1.29 is 4.79 Å². The average molecular weight is 329 g/mol. The maximum absolute atomic E-state index is 12.1. The Morgan fingerprint density at radius 3 is 2.21 bits per heavy atom. The summed E-state index contributed by atoms with van der Waals surface area (Å²) in [5.41, 5.74) is 2.16. The molecule has 1 amide bonds. The number of carbonyl (C=O) groups is 1. The lowest BCUT2D eigenvalue weighted by Crippen LogP contribution is -2.35. The van der Waals surface area contributed by atoms with Crippen LogP contribution in [0.5, 0.6) is 0 Å². The first-order valence-corrected chi connectivity index (χ1v) is 9.69. The summed E-state index contributed by atoms with van der Waals surface area (Å²) >= 11 is 0. The Balaban J connectivity index is 1.43. The maximum Gasteiger partial charge on any atom is 0.238 e. The molecule has 2 N–H and O–H groups in total. The van der Waals surface area contributed by atoms with Crippen LogP contribution in [-0.4, -0.2) is 31.6 Å². The average Bonchev–Trinajstić information content (AvgIpc) is 2.90. The van der Waals surface area contributed by atoms with Crippen molar-refractivity contribution in [2.75, 3.05) is 29.9 Å². The Bertz CT molecular complexity index is 500. The Hall–Kier alpha value is -1.55. The zero-order chi connectivity index (χ0) is 16.6. The van der Waals surface area contributed by atoms with Crippen molar-refractivity contribution in [1.29, 1.82) is 0 Å². The molecule has 1 saturated carbocycles. The van der Waals surface area contributed by atoms with Crippen LogP contribution in [0.25, 0.3) is 0 Å². The van der Waals surface area contributed by atoms with Gasteiger partial charge in [-0.25, -0.2) is 0 Å². The van der Waals surface area contributed by atoms with Gasteiger partial charge in [-0.1, -0.05) is 25.7 Å². The first-order chi connectivity index (χ1) is 11.8. The molecule has 0 bridgehead atoms. The summed E-state index contributed by atoms with van der Waals surface area (Å²) in [5.74, 6) is 0.0602. The number of anilines is 2. The second-order valence-electron chi connectivity index (χ2n) is 7.21. The van der Waals surface area contributed by atoms with E-state index in [2.05, 4.69) is 27.7 Å². The first-order valence-electron chi connectivity index (χ1n) is 9.69. The van der Waals surface area contributed by atoms with Gasteiger partial charge in [0.05, 0.1) is 6.54 Å². The zero-order valence-corrected chi connectivity index (χ0v) is 14.7. The van der Waals surface area contributed by atoms with Gasteiger partial charge in [-0.15, -0.1) is 0 Å². The molecule has 2 aliphatic rings. The lowest BCUT2D eigenvalue weighted by Gasteiger charge is -2.28. The molecule has 2 fully saturated rings. The number of benzene rings is 1. The SMILES string of the molecule is O=C(CNC1CCCCCC1)Nc1ccc(N2CCCCC2)cc1. The third-order valence-corrected chi connectivity index (χ3v) is 5.28. The van der Waals surface area contributed by atoms with Crippen molar-refractivity contribution in [3.05, 3.63) is 24.3 Å². The third kappa shape index (κ3) is 5.23. The second-order valence-corrected chi connectivity index (χ2v) is 7.21. The summed E-state index contributed by atoms with van der Waals surface area (Å²) in [6.45, 7) is 2.71. The van der Waals surface area contributed by atoms with Gasteiger partial charge in [0, 0.05) is 30.5 Å². The molecule has 1 aliphatic carbocycles. The molecule has 1 aromatic carbocycles. The fraction of sp³-hybridized carbons (Fsp3) is 0.650. The minimum Gasteiger partial charge on any atom is -0.372 e. The van der Waals surface area contributed by atoms with E-state index < -0.39 is 0 Å². The van der Waals surface area contributed by atoms with Crippen LogP contribution in [0.2, 0.25) is 0 Å². The van der Waals surface area contributed by atoms with Gasteiger partial charge in [-0.2, -0.15) is 0 Å². The van der Waals surface area contributed by atoms with Crippen molar-refractivity contribution in [1.82, 2.24) is 5.32 Å². The van der Waals surface area contributed by atoms with Gasteiger partial charge >= 0.3 is 0 Å². The predicted molar refractivity (Wildman–Crippen MR) is 101 cm³/mol. The van der Waals surface area contributed by atoms with Gasteiger partial charge < -0.3 is 15.5 Å². The normalized spacial score (nSPS) is 19.8. The summed E-state index contributed by atoms with van der Waals surface area (Å²) < 4.78 is 0. The van der Waals surface area contributed by atoms with E-state index in [-0.39, 0.29) is 5.91 Å². The summed E-state index contributed by atoms with van der Waals surface area (Å²) in [6.07, 6.45) is 11.6. The van der Waals surface area contributed by atoms with Crippen LogP contribution in [-0.2, 0) is 4.79 Å². The number of rotatable bonds is 5. The first kappa shape index (κ1) is 17.3. The topological polar surface area (TPSA) is 44.4 Å². The van der Waals surface area contributed by atoms with Gasteiger partial charge in [0.2, 0.25) is 5.91 Å². The van der Waals surface area contributed by atoms with Gasteiger partial charge in [-0.3, -0.25) is 4.79 Å². The highest BCUT2D eigenvalue weighted by atomic mass is 16.1. The van der Waals surface area contributed by atoms with E-state index >= 15 is 0 Å². The van der Waals surface area contributed by atoms with E-state index in [1.54, 1.807) is 0 Å². The highest BCUT2D eigenvalue weighted by Gasteiger charge is 2.13. The molecule has 1 aromatic rings. The lowest BCUT2D eigenvalue weighted by molar-refractivity contribution is -0.115. The number of amides is 1. The van der Waals surface area contributed by atoms with E-state index in [0.717, 1.165) is 18.8 Å². The molecule has 132 valence electrons. The fourth-order valence-electron chi connectivity index (χ4n) is 3.83. The maximum atomic E-state index is 12.1. The molecule has 0 atom stereocenters. The zero-order valence-electron chi connectivity index (χ0n) is 14.7. The molecule has 0 aromatic heterocycles. The Kier molecular flexibility index (Phi) is 6.53. The van der Waals surface area contributed by atoms with Crippen LogP contribution >= 0.6 is 0 Å². The molecular weight excluding hydrogens is 298 g/mol. The molecular formula is C20H31N3O. The molecule has 4 nitrogen and oxygen atoms in total. The summed E-state index contributed by atoms with van der Waals surface area (Å²) in [4.78, 5) is 14.6. The van der Waals surface area contributed by atoms with Gasteiger partial charge in [0.1, 0.15) is 0 Å². The second kappa shape index (κ2) is 9.07. The van der Waals surface area contributed by atoms with Crippen LogP contribution < -0.4 is 15.5 Å². The number of carbonyl (C=O) groups excluding carboxylic acids is 1. The number of hydrogen-bond donors (Lipinski definition) is 2. The quantitative estimate of drug-likeness (QED) is 0.805. The van der Waals surface area contributed by atoms with Crippen molar-refractivity contribution in [2.24, 2.45) is 0 Å². The molecule has 0 radical (unpaired) electrons. The highest BCUT2D eigenvalue weighted by molar-refractivity contribution is 5.92. The molecule has 4 heteroatoms. The van der Waals surface area contributed by atoms with Crippen molar-refractivity contribution in [3.8, 4) is 0 Å². The minimum atomic E-state index is 0.0602. The largest absolute Gasteiger partial charge is 0.372 e. The Morgan fingerprint density at radius 2 is 1.54 bits per heavy atom. The molecule has 24 heavy (non-hydrogen) atoms. The van der Waals surface area contributed by atoms with Crippen LogP contribution in [0.1, 0.15) is 57.8 Å². The monoisotopic (exact) mass is 329 g/mol. The number of nitrogens with zero attached hydrogens (tertiary/aromatic N) is 1. The Morgan fingerprint density at radius 1 is 0.917 bits per heavy atom. The van der Waals surface area contributed by atoms with Gasteiger partial charge in [0.25, 0.3) is 0 Å². The summed E-state index contributed by atoms with van der Waals surface area (Å²) in [7, 11) is 0. The standard InChI is InChI=1S/C20H31N3O/c24-20(16-21-17-8-4-1-2-5-9-17)22-18-10-12-19(13-11-18)23-14-6-3-7-15-23/h10-13,17,21H,1-9,14-16H2,(H,22,24). The number of piperidine rings is 1. The van der Waals surface area contributed by atoms with E-state index in [0.29, 0.717) is 12.6 Å². The van der Waals surface area contributed by atoms with Gasteiger partial charge in [-0.05, 0) is 56.4 Å². The molecule has 1 heterocycles. The van der Waals surface area contributed by atoms with E-state index in [1.807, 2.05) is 12.1 Å². The molecule has 0 spiro atoms. The van der Waals surface area contributed by atoms with Crippen LogP contribution in [0.15, 0.2) is 24.3 Å². The predicted octanol–water partition coefficient (Wildman–Crippen LogP) is 3.93. The van der Waals surface area contributed by atoms with Crippen molar-refractivity contribution in [2.45, 2.75) is 63.8 Å². The highest BCUT2D eigenvalue weighted by Crippen LogP contribution is 2.22. The van der Waals surface area contributed by atoms with Crippen molar-refractivity contribution in [3.63, 3.8) is 0 Å². The molecule has 3 rings (SSSR count). The summed E-state index contributed by atoms with van der Waals surface area (Å²) in [5, 5.41) is 6.43. The van der Waals surface area contributed by atoms with Gasteiger partial charge in [0.15, 0.2) is 0 Å². The van der Waals surface area contributed by atoms with E-state index in [9.17, 15) is 4.79 Å². The molecule has 1 aliphatic heterocycles. The van der Waals surface area contributed by atoms with E-state index in [1.165, 1.54) is 63.5 Å². The van der Waals surface area contributed by atoms with Crippen LogP contribution in [0.4, 0.5) is 11.4 Å². The molecule has 1 saturated heterocycles. The van der Waals surface area contributed by atoms with E-state index in [4.69, 9.17) is 0 Å². The summed E-state index contributed by atoms with van der Waals surface area (Å²) in [6, 6.07) is 8.81. The third-order valence-electron chi connectivity index (χ3n) is 5.28. The van der Waals surface area contributed by atoms with Crippen LogP contribution in [0.3, 0.4) is 0 Å². The minimum absolute atomic E-state index is 0.0602. The molecule has 0 unspecified atom stereocenters. The number of hydrogen-bond acceptors (Lipinski definition) is 3. The smallest absolute Gasteiger partial charge is 0.238 e. The van der Waals surface area contributed by atoms with Crippen LogP contribution in [0, 0.1) is 0 Å².